The summed E-state index contributed by atoms with van der Waals surface area (Å²) in [5, 5.41) is 2.10. The van der Waals surface area contributed by atoms with Gasteiger partial charge in [0.15, 0.2) is 17.2 Å². The Morgan fingerprint density at radius 3 is 2.67 bits per heavy atom. The first-order chi connectivity index (χ1) is 15.9. The number of pyridine rings is 3. The van der Waals surface area contributed by atoms with Crippen LogP contribution < -0.4 is 9.47 Å². The first-order valence-electron chi connectivity index (χ1n) is 9.87. The van der Waals surface area contributed by atoms with Crippen molar-refractivity contribution in [2.45, 2.75) is 23.3 Å². The Balaban J connectivity index is 1.57. The number of ketones is 1. The Labute approximate surface area is 199 Å². The van der Waals surface area contributed by atoms with Crippen molar-refractivity contribution in [1.82, 2.24) is 15.0 Å². The minimum atomic E-state index is -0.562. The van der Waals surface area contributed by atoms with E-state index in [1.807, 2.05) is 42.5 Å². The van der Waals surface area contributed by atoms with Crippen molar-refractivity contribution >= 4 is 46.0 Å². The molecule has 33 heavy (non-hydrogen) atoms. The maximum absolute atomic E-state index is 13.0. The Kier molecular flexibility index (Phi) is 6.86. The number of carbonyl (C=O) groups is 2. The Morgan fingerprint density at radius 2 is 1.91 bits per heavy atom. The third-order valence-corrected chi connectivity index (χ3v) is 6.03. The lowest BCUT2D eigenvalue weighted by Gasteiger charge is -2.11. The summed E-state index contributed by atoms with van der Waals surface area (Å²) in [5.74, 6) is -0.565. The van der Waals surface area contributed by atoms with Gasteiger partial charge in [-0.3, -0.25) is 9.59 Å². The second kappa shape index (κ2) is 9.97. The van der Waals surface area contributed by atoms with E-state index in [1.165, 1.54) is 38.1 Å². The van der Waals surface area contributed by atoms with Crippen LogP contribution in [0.1, 0.15) is 23.0 Å². The van der Waals surface area contributed by atoms with Crippen LogP contribution in [-0.2, 0) is 11.2 Å². The van der Waals surface area contributed by atoms with E-state index < -0.39 is 5.97 Å². The van der Waals surface area contributed by atoms with Gasteiger partial charge in [0.1, 0.15) is 10.2 Å². The van der Waals surface area contributed by atoms with Gasteiger partial charge in [0.05, 0.1) is 17.5 Å². The Hall–Kier alpha value is -3.49. The van der Waals surface area contributed by atoms with Crippen LogP contribution in [0.25, 0.3) is 10.9 Å². The van der Waals surface area contributed by atoms with Crippen molar-refractivity contribution < 1.29 is 19.1 Å². The molecular weight excluding hydrogens is 462 g/mol. The number of Topliss-reactive ketones (excluding diaryl/α,β-unsaturated/α-hetero) is 1. The number of rotatable bonds is 7. The molecule has 0 unspecified atom stereocenters. The summed E-state index contributed by atoms with van der Waals surface area (Å²) in [6.45, 7) is 1.26. The van der Waals surface area contributed by atoms with Gasteiger partial charge in [0.2, 0.25) is 5.75 Å². The number of halogens is 1. The first kappa shape index (κ1) is 22.7. The molecule has 0 bridgehead atoms. The highest BCUT2D eigenvalue weighted by Crippen LogP contribution is 2.33. The van der Waals surface area contributed by atoms with Crippen molar-refractivity contribution in [2.24, 2.45) is 0 Å². The average Bonchev–Trinajstić information content (AvgIpc) is 2.80. The summed E-state index contributed by atoms with van der Waals surface area (Å²) in [4.78, 5) is 38.1. The number of fused-ring (bicyclic) bond motifs is 1. The SMILES string of the molecule is COc1ccnc(C(=O)Cc2ccc3nc(Sc4cccnc4Cl)ccc3c2)c1OC(C)=O. The summed E-state index contributed by atoms with van der Waals surface area (Å²) < 4.78 is 10.4. The molecule has 4 aromatic rings. The lowest BCUT2D eigenvalue weighted by molar-refractivity contribution is -0.132. The van der Waals surface area contributed by atoms with E-state index in [0.717, 1.165) is 26.4 Å². The van der Waals surface area contributed by atoms with Crippen LogP contribution in [0, 0.1) is 0 Å². The number of nitrogens with zero attached hydrogens (tertiary/aromatic N) is 3. The lowest BCUT2D eigenvalue weighted by Crippen LogP contribution is -2.12. The number of hydrogen-bond donors (Lipinski definition) is 0. The maximum Gasteiger partial charge on any atom is 0.308 e. The van der Waals surface area contributed by atoms with Gasteiger partial charge in [-0.25, -0.2) is 15.0 Å². The monoisotopic (exact) mass is 479 g/mol. The van der Waals surface area contributed by atoms with E-state index in [9.17, 15) is 9.59 Å². The summed E-state index contributed by atoms with van der Waals surface area (Å²) in [6.07, 6.45) is 3.16. The standard InChI is InChI=1S/C24H18ClN3O4S/c1-14(29)32-23-19(31-2)9-11-26-22(23)18(30)13-15-5-7-17-16(12-15)6-8-21(28-17)33-20-4-3-10-27-24(20)25/h3-12H,13H2,1-2H3. The summed E-state index contributed by atoms with van der Waals surface area (Å²) in [7, 11) is 1.43. The largest absolute Gasteiger partial charge is 0.493 e. The van der Waals surface area contributed by atoms with Gasteiger partial charge in [-0.1, -0.05) is 35.5 Å². The van der Waals surface area contributed by atoms with Gasteiger partial charge in [-0.15, -0.1) is 0 Å². The molecule has 3 aromatic heterocycles. The zero-order valence-corrected chi connectivity index (χ0v) is 19.3. The van der Waals surface area contributed by atoms with E-state index in [4.69, 9.17) is 21.1 Å². The molecule has 0 radical (unpaired) electrons. The highest BCUT2D eigenvalue weighted by atomic mass is 35.5. The number of hydrogen-bond acceptors (Lipinski definition) is 8. The minimum Gasteiger partial charge on any atom is -0.493 e. The number of ether oxygens (including phenoxy) is 2. The predicted octanol–water partition coefficient (Wildman–Crippen LogP) is 5.19. The zero-order valence-electron chi connectivity index (χ0n) is 17.7. The Bertz CT molecular complexity index is 1360. The van der Waals surface area contributed by atoms with Crippen molar-refractivity contribution in [2.75, 3.05) is 7.11 Å². The van der Waals surface area contributed by atoms with Crippen molar-refractivity contribution in [3.8, 4) is 11.5 Å². The highest BCUT2D eigenvalue weighted by Gasteiger charge is 2.21. The zero-order chi connectivity index (χ0) is 23.4. The minimum absolute atomic E-state index is 0.0238. The molecule has 3 heterocycles. The van der Waals surface area contributed by atoms with Crippen LogP contribution in [-0.4, -0.2) is 33.8 Å². The van der Waals surface area contributed by atoms with Crippen LogP contribution in [0.2, 0.25) is 5.15 Å². The van der Waals surface area contributed by atoms with Gasteiger partial charge < -0.3 is 9.47 Å². The van der Waals surface area contributed by atoms with E-state index >= 15 is 0 Å². The predicted molar refractivity (Wildman–Crippen MR) is 125 cm³/mol. The number of methoxy groups -OCH3 is 1. The average molecular weight is 480 g/mol. The molecule has 0 aliphatic carbocycles. The van der Waals surface area contributed by atoms with Crippen molar-refractivity contribution in [3.63, 3.8) is 0 Å². The number of benzene rings is 1. The molecule has 0 fully saturated rings. The van der Waals surface area contributed by atoms with Crippen LogP contribution >= 0.6 is 23.4 Å². The number of esters is 1. The molecule has 0 N–H and O–H groups in total. The maximum atomic E-state index is 13.0. The topological polar surface area (TPSA) is 91.3 Å². The lowest BCUT2D eigenvalue weighted by atomic mass is 10.0. The molecule has 0 saturated heterocycles. The van der Waals surface area contributed by atoms with Gasteiger partial charge in [0.25, 0.3) is 0 Å². The van der Waals surface area contributed by atoms with E-state index in [-0.39, 0.29) is 29.4 Å². The normalized spacial score (nSPS) is 10.8. The van der Waals surface area contributed by atoms with Gasteiger partial charge in [0, 0.05) is 37.2 Å². The molecule has 1 aromatic carbocycles. The molecule has 0 spiro atoms. The third kappa shape index (κ3) is 5.30. The van der Waals surface area contributed by atoms with Gasteiger partial charge in [-0.05, 0) is 35.9 Å². The molecule has 0 aliphatic rings. The van der Waals surface area contributed by atoms with E-state index in [2.05, 4.69) is 15.0 Å². The summed E-state index contributed by atoms with van der Waals surface area (Å²) >= 11 is 7.57. The molecule has 0 amide bonds. The van der Waals surface area contributed by atoms with E-state index in [0.29, 0.717) is 5.15 Å². The molecule has 0 atom stereocenters. The quantitative estimate of drug-likeness (QED) is 0.203. The Morgan fingerprint density at radius 1 is 1.06 bits per heavy atom. The molecule has 0 saturated carbocycles. The molecular formula is C24H18ClN3O4S. The van der Waals surface area contributed by atoms with Crippen molar-refractivity contribution in [3.05, 3.63) is 77.3 Å². The van der Waals surface area contributed by atoms with Crippen LogP contribution in [0.3, 0.4) is 0 Å². The second-order valence-electron chi connectivity index (χ2n) is 6.96. The first-order valence-corrected chi connectivity index (χ1v) is 11.1. The second-order valence-corrected chi connectivity index (χ2v) is 8.38. The van der Waals surface area contributed by atoms with Crippen molar-refractivity contribution in [1.29, 1.82) is 0 Å². The summed E-state index contributed by atoms with van der Waals surface area (Å²) in [5.41, 5.74) is 1.61. The van der Waals surface area contributed by atoms with Crippen LogP contribution in [0.15, 0.2) is 70.8 Å². The van der Waals surface area contributed by atoms with Gasteiger partial charge >= 0.3 is 5.97 Å². The fourth-order valence-corrected chi connectivity index (χ4v) is 4.21. The molecule has 9 heteroatoms. The molecule has 7 nitrogen and oxygen atoms in total. The van der Waals surface area contributed by atoms with Gasteiger partial charge in [-0.2, -0.15) is 0 Å². The number of carbonyl (C=O) groups excluding carboxylic acids is 2. The third-order valence-electron chi connectivity index (χ3n) is 4.63. The number of aromatic nitrogens is 3. The van der Waals surface area contributed by atoms with Crippen LogP contribution in [0.5, 0.6) is 11.5 Å². The molecule has 4 rings (SSSR count). The fraction of sp³-hybridized carbons (Fsp3) is 0.125. The van der Waals surface area contributed by atoms with E-state index in [1.54, 1.807) is 6.20 Å². The molecule has 0 aliphatic heterocycles. The summed E-state index contributed by atoms with van der Waals surface area (Å²) in [6, 6.07) is 14.7. The fourth-order valence-electron chi connectivity index (χ4n) is 3.18. The molecule has 166 valence electrons. The smallest absolute Gasteiger partial charge is 0.308 e. The highest BCUT2D eigenvalue weighted by molar-refractivity contribution is 7.99. The van der Waals surface area contributed by atoms with Crippen LogP contribution in [0.4, 0.5) is 0 Å².